The molecule has 0 spiro atoms. The Kier molecular flexibility index (Phi) is 24.7. The Balaban J connectivity index is -0.000000140. The smallest absolute Gasteiger partial charge is 0.518 e. The monoisotopic (exact) mass is 234 g/mol. The maximum atomic E-state index is 4.72. The molecule has 0 aliphatic rings. The van der Waals surface area contributed by atoms with Gasteiger partial charge < -0.3 is 14.0 Å². The Labute approximate surface area is 109 Å². The zero-order valence-electron chi connectivity index (χ0n) is 9.43. The van der Waals surface area contributed by atoms with Gasteiger partial charge in [-0.1, -0.05) is 6.92 Å². The van der Waals surface area contributed by atoms with E-state index in [0.29, 0.717) is 0 Å². The van der Waals surface area contributed by atoms with Gasteiger partial charge in [-0.15, -0.1) is 0 Å². The molecule has 0 amide bonds. The summed E-state index contributed by atoms with van der Waals surface area (Å²) < 4.78 is 0. The molecule has 78 valence electrons. The van der Waals surface area contributed by atoms with Gasteiger partial charge in [-0.2, -0.15) is 36.4 Å². The van der Waals surface area contributed by atoms with Gasteiger partial charge in [0.2, 0.25) is 0 Å². The summed E-state index contributed by atoms with van der Waals surface area (Å²) in [5, 5.41) is 0. The van der Waals surface area contributed by atoms with Crippen molar-refractivity contribution >= 4 is 0 Å². The minimum Gasteiger partial charge on any atom is -0.518 e. The zero-order chi connectivity index (χ0) is 9.78. The van der Waals surface area contributed by atoms with Crippen molar-refractivity contribution in [2.75, 3.05) is 0 Å². The molecule has 0 bridgehead atoms. The van der Waals surface area contributed by atoms with Gasteiger partial charge in [0.25, 0.3) is 0 Å². The summed E-state index contributed by atoms with van der Waals surface area (Å²) >= 11 is 0. The topological polar surface area (TPSA) is 0 Å². The summed E-state index contributed by atoms with van der Waals surface area (Å²) in [7, 11) is 0. The maximum Gasteiger partial charge on any atom is 4.00 e. The molecule has 0 aliphatic heterocycles. The first-order valence-corrected chi connectivity index (χ1v) is 4.24. The Hall–Kier alpha value is -0.846. The predicted octanol–water partition coefficient (Wildman–Crippen LogP) is 4.25. The van der Waals surface area contributed by atoms with Crippen molar-refractivity contribution in [1.29, 1.82) is 0 Å². The van der Waals surface area contributed by atoms with E-state index in [2.05, 4.69) is 0 Å². The average Bonchev–Trinajstić information content (AvgIpc) is 2.85. The van der Waals surface area contributed by atoms with E-state index in [0.717, 1.165) is 0 Å². The Morgan fingerprint density at radius 3 is 1.13 bits per heavy atom. The standard InChI is InChI=1S/2C5H5.C3H5.CH3.Ti/c2*1-2-4-5-3-1;1-3-2;;/h2*1-5H;1,3H,2H3;1H3;/q4*-1;+4. The van der Waals surface area contributed by atoms with E-state index in [-0.39, 0.29) is 29.1 Å². The molecule has 0 aliphatic carbocycles. The fourth-order valence-electron chi connectivity index (χ4n) is 0.642. The molecular formula is C14H18Ti. The van der Waals surface area contributed by atoms with Crippen LogP contribution in [0.4, 0.5) is 0 Å². The van der Waals surface area contributed by atoms with Gasteiger partial charge in [-0.25, -0.2) is 24.3 Å². The van der Waals surface area contributed by atoms with Gasteiger partial charge in [0, 0.05) is 0 Å². The third kappa shape index (κ3) is 19.5. The van der Waals surface area contributed by atoms with E-state index in [1.807, 2.05) is 60.7 Å². The molecule has 0 nitrogen and oxygen atoms in total. The summed E-state index contributed by atoms with van der Waals surface area (Å²) in [6, 6.07) is 20.0. The second-order valence-corrected chi connectivity index (χ2v) is 2.26. The summed E-state index contributed by atoms with van der Waals surface area (Å²) in [4.78, 5) is 0. The first-order valence-electron chi connectivity index (χ1n) is 4.24. The summed E-state index contributed by atoms with van der Waals surface area (Å²) in [5.41, 5.74) is 0. The van der Waals surface area contributed by atoms with Crippen molar-refractivity contribution in [1.82, 2.24) is 0 Å². The van der Waals surface area contributed by atoms with E-state index >= 15 is 0 Å². The molecular weight excluding hydrogens is 216 g/mol. The summed E-state index contributed by atoms with van der Waals surface area (Å²) in [6.45, 7) is 6.50. The number of rotatable bonds is 0. The molecule has 2 aromatic carbocycles. The van der Waals surface area contributed by atoms with Crippen LogP contribution in [-0.4, -0.2) is 0 Å². The second-order valence-electron chi connectivity index (χ2n) is 2.26. The van der Waals surface area contributed by atoms with Crippen LogP contribution in [0.5, 0.6) is 0 Å². The molecule has 0 radical (unpaired) electrons. The van der Waals surface area contributed by atoms with Crippen LogP contribution < -0.4 is 0 Å². The number of allylic oxidation sites excluding steroid dienone is 1. The van der Waals surface area contributed by atoms with Crippen LogP contribution >= 0.6 is 0 Å². The van der Waals surface area contributed by atoms with Gasteiger partial charge in [-0.05, 0) is 0 Å². The van der Waals surface area contributed by atoms with Gasteiger partial charge in [-0.3, -0.25) is 6.08 Å². The molecule has 0 N–H and O–H groups in total. The predicted molar refractivity (Wildman–Crippen MR) is 65.0 cm³/mol. The van der Waals surface area contributed by atoms with Crippen LogP contribution in [0.15, 0.2) is 66.7 Å². The molecule has 0 saturated carbocycles. The van der Waals surface area contributed by atoms with E-state index in [4.69, 9.17) is 6.58 Å². The van der Waals surface area contributed by atoms with E-state index < -0.39 is 0 Å². The number of hydrogen-bond acceptors (Lipinski definition) is 0. The van der Waals surface area contributed by atoms with Crippen LogP contribution in [-0.2, 0) is 21.7 Å². The molecule has 2 aromatic rings. The van der Waals surface area contributed by atoms with Crippen molar-refractivity contribution in [2.45, 2.75) is 6.92 Å². The van der Waals surface area contributed by atoms with E-state index in [1.165, 1.54) is 6.08 Å². The van der Waals surface area contributed by atoms with Gasteiger partial charge in [0.05, 0.1) is 0 Å². The maximum absolute atomic E-state index is 4.72. The van der Waals surface area contributed by atoms with Crippen LogP contribution in [0.3, 0.4) is 0 Å². The van der Waals surface area contributed by atoms with Crippen molar-refractivity contribution in [3.05, 3.63) is 80.7 Å². The Morgan fingerprint density at radius 1 is 0.867 bits per heavy atom. The van der Waals surface area contributed by atoms with Crippen LogP contribution in [0.1, 0.15) is 6.92 Å². The first-order chi connectivity index (χ1) is 6.41. The Morgan fingerprint density at radius 2 is 1.07 bits per heavy atom. The van der Waals surface area contributed by atoms with E-state index in [9.17, 15) is 0 Å². The average molecular weight is 234 g/mol. The molecule has 0 fully saturated rings. The van der Waals surface area contributed by atoms with Crippen LogP contribution in [0, 0.1) is 14.0 Å². The summed E-state index contributed by atoms with van der Waals surface area (Å²) in [6.07, 6.45) is 1.50. The van der Waals surface area contributed by atoms with E-state index in [1.54, 1.807) is 6.92 Å². The molecule has 1 heteroatoms. The third-order valence-electron chi connectivity index (χ3n) is 1.11. The molecule has 0 unspecified atom stereocenters. The minimum atomic E-state index is 0. The molecule has 15 heavy (non-hydrogen) atoms. The molecule has 0 heterocycles. The molecule has 2 rings (SSSR count). The van der Waals surface area contributed by atoms with Gasteiger partial charge in [0.15, 0.2) is 0 Å². The normalized spacial score (nSPS) is 6.20. The van der Waals surface area contributed by atoms with Crippen molar-refractivity contribution in [2.24, 2.45) is 0 Å². The quantitative estimate of drug-likeness (QED) is 0.472. The first kappa shape index (κ1) is 19.7. The van der Waals surface area contributed by atoms with Gasteiger partial charge >= 0.3 is 21.7 Å². The van der Waals surface area contributed by atoms with Crippen LogP contribution in [0.25, 0.3) is 0 Å². The Bertz CT molecular complexity index is 180. The SMILES string of the molecule is [CH-]=CC.[CH3-].[Ti+4].c1cc[cH-]c1.c1cc[cH-]c1. The second kappa shape index (κ2) is 18.8. The largest absolute Gasteiger partial charge is 4.00 e. The van der Waals surface area contributed by atoms with Crippen LogP contribution in [0.2, 0.25) is 0 Å². The molecule has 0 saturated heterocycles. The minimum absolute atomic E-state index is 0. The van der Waals surface area contributed by atoms with Gasteiger partial charge in [0.1, 0.15) is 0 Å². The third-order valence-corrected chi connectivity index (χ3v) is 1.11. The fraction of sp³-hybridized carbons (Fsp3) is 0.0714. The fourth-order valence-corrected chi connectivity index (χ4v) is 0.642. The van der Waals surface area contributed by atoms with Crippen molar-refractivity contribution in [3.8, 4) is 0 Å². The number of hydrogen-bond donors (Lipinski definition) is 0. The van der Waals surface area contributed by atoms with Crippen molar-refractivity contribution < 1.29 is 21.7 Å². The zero-order valence-corrected chi connectivity index (χ0v) is 11.0. The van der Waals surface area contributed by atoms with Crippen molar-refractivity contribution in [3.63, 3.8) is 0 Å². The summed E-state index contributed by atoms with van der Waals surface area (Å²) in [5.74, 6) is 0. The molecule has 0 aromatic heterocycles. The molecule has 0 atom stereocenters.